The standard InChI is InChI=1S/C27H29N3O3S2/c1-27(2,3)17-9-12-19-21(15-17)35-25(23(19)24(28)32)30-26(34)29-22(31)14-11-18-10-13-20(33-18)16-7-5-4-6-8-16/h4-8,10-11,13-14,17H,9,12,15H2,1-3H3,(H2,28,32)(H2,29,30,31,34)/b14-11+. The summed E-state index contributed by atoms with van der Waals surface area (Å²) >= 11 is 6.83. The Hall–Kier alpha value is -3.23. The monoisotopic (exact) mass is 507 g/mol. The predicted octanol–water partition coefficient (Wildman–Crippen LogP) is 5.78. The van der Waals surface area contributed by atoms with Crippen molar-refractivity contribution >= 4 is 51.6 Å². The fourth-order valence-corrected chi connectivity index (χ4v) is 5.92. The van der Waals surface area contributed by atoms with Gasteiger partial charge in [0.15, 0.2) is 5.11 Å². The van der Waals surface area contributed by atoms with Crippen LogP contribution in [0.15, 0.2) is 53.0 Å². The van der Waals surface area contributed by atoms with Gasteiger partial charge in [0.25, 0.3) is 5.91 Å². The van der Waals surface area contributed by atoms with Gasteiger partial charge in [0.2, 0.25) is 5.91 Å². The summed E-state index contributed by atoms with van der Waals surface area (Å²) in [5, 5.41) is 6.34. The van der Waals surface area contributed by atoms with Crippen molar-refractivity contribution < 1.29 is 14.0 Å². The lowest BCUT2D eigenvalue weighted by molar-refractivity contribution is -0.115. The van der Waals surface area contributed by atoms with Crippen LogP contribution in [0.3, 0.4) is 0 Å². The summed E-state index contributed by atoms with van der Waals surface area (Å²) in [4.78, 5) is 25.8. The zero-order valence-electron chi connectivity index (χ0n) is 20.0. The maximum Gasteiger partial charge on any atom is 0.251 e. The van der Waals surface area contributed by atoms with E-state index in [0.29, 0.717) is 22.2 Å². The number of thiocarbonyl (C=S) groups is 1. The first-order valence-corrected chi connectivity index (χ1v) is 12.7. The van der Waals surface area contributed by atoms with E-state index in [-0.39, 0.29) is 10.5 Å². The molecular formula is C27H29N3O3S2. The van der Waals surface area contributed by atoms with E-state index in [0.717, 1.165) is 41.0 Å². The summed E-state index contributed by atoms with van der Waals surface area (Å²) in [5.74, 6) is 0.906. The van der Waals surface area contributed by atoms with Gasteiger partial charge in [-0.15, -0.1) is 11.3 Å². The van der Waals surface area contributed by atoms with Crippen molar-refractivity contribution in [3.8, 4) is 11.3 Å². The van der Waals surface area contributed by atoms with Crippen molar-refractivity contribution in [2.24, 2.45) is 17.1 Å². The molecule has 0 radical (unpaired) electrons. The van der Waals surface area contributed by atoms with Gasteiger partial charge in [-0.2, -0.15) is 0 Å². The van der Waals surface area contributed by atoms with Crippen molar-refractivity contribution in [1.29, 1.82) is 0 Å². The van der Waals surface area contributed by atoms with Crippen LogP contribution in [0.2, 0.25) is 0 Å². The number of thiophene rings is 1. The highest BCUT2D eigenvalue weighted by Gasteiger charge is 2.33. The zero-order chi connectivity index (χ0) is 25.2. The minimum Gasteiger partial charge on any atom is -0.457 e. The van der Waals surface area contributed by atoms with Gasteiger partial charge >= 0.3 is 0 Å². The van der Waals surface area contributed by atoms with Crippen LogP contribution in [0.1, 0.15) is 53.8 Å². The Labute approximate surface area is 214 Å². The van der Waals surface area contributed by atoms with E-state index in [2.05, 4.69) is 31.4 Å². The summed E-state index contributed by atoms with van der Waals surface area (Å²) in [7, 11) is 0. The first kappa shape index (κ1) is 24.9. The van der Waals surface area contributed by atoms with E-state index < -0.39 is 11.8 Å². The highest BCUT2D eigenvalue weighted by atomic mass is 32.1. The topological polar surface area (TPSA) is 97.4 Å². The van der Waals surface area contributed by atoms with Crippen LogP contribution in [0.25, 0.3) is 17.4 Å². The first-order valence-electron chi connectivity index (χ1n) is 11.5. The average Bonchev–Trinajstić information content (AvgIpc) is 3.41. The Bertz CT molecular complexity index is 1280. The molecule has 2 aromatic heterocycles. The highest BCUT2D eigenvalue weighted by molar-refractivity contribution is 7.80. The third kappa shape index (κ3) is 5.89. The second kappa shape index (κ2) is 10.2. The van der Waals surface area contributed by atoms with Crippen LogP contribution in [-0.4, -0.2) is 16.9 Å². The molecule has 1 aliphatic rings. The lowest BCUT2D eigenvalue weighted by Gasteiger charge is -2.33. The summed E-state index contributed by atoms with van der Waals surface area (Å²) < 4.78 is 5.78. The number of rotatable bonds is 5. The van der Waals surface area contributed by atoms with Crippen molar-refractivity contribution in [1.82, 2.24) is 5.32 Å². The van der Waals surface area contributed by atoms with E-state index in [9.17, 15) is 9.59 Å². The molecule has 1 aliphatic carbocycles. The number of hydrogen-bond acceptors (Lipinski definition) is 5. The van der Waals surface area contributed by atoms with E-state index in [1.807, 2.05) is 36.4 Å². The molecule has 6 nitrogen and oxygen atoms in total. The number of nitrogens with two attached hydrogens (primary N) is 1. The summed E-state index contributed by atoms with van der Waals surface area (Å²) in [6.07, 6.45) is 5.66. The number of fused-ring (bicyclic) bond motifs is 1. The zero-order valence-corrected chi connectivity index (χ0v) is 21.6. The Kier molecular flexibility index (Phi) is 7.23. The molecule has 3 aromatic rings. The van der Waals surface area contributed by atoms with Crippen molar-refractivity contribution in [2.75, 3.05) is 5.32 Å². The fourth-order valence-electron chi connectivity index (χ4n) is 4.32. The van der Waals surface area contributed by atoms with Gasteiger partial charge in [0, 0.05) is 16.5 Å². The second-order valence-electron chi connectivity index (χ2n) is 9.72. The number of hydrogen-bond donors (Lipinski definition) is 3. The molecule has 0 saturated heterocycles. The molecule has 35 heavy (non-hydrogen) atoms. The van der Waals surface area contributed by atoms with Gasteiger partial charge in [0.05, 0.1) is 5.56 Å². The van der Waals surface area contributed by atoms with Crippen LogP contribution in [0, 0.1) is 11.3 Å². The van der Waals surface area contributed by atoms with Crippen LogP contribution in [0.5, 0.6) is 0 Å². The molecule has 8 heteroatoms. The van der Waals surface area contributed by atoms with Crippen LogP contribution in [0.4, 0.5) is 5.00 Å². The minimum absolute atomic E-state index is 0.109. The van der Waals surface area contributed by atoms with E-state index in [1.54, 1.807) is 12.1 Å². The largest absolute Gasteiger partial charge is 0.457 e. The number of nitrogens with one attached hydrogen (secondary N) is 2. The normalized spacial score (nSPS) is 15.6. The van der Waals surface area contributed by atoms with Gasteiger partial charge < -0.3 is 15.5 Å². The predicted molar refractivity (Wildman–Crippen MR) is 145 cm³/mol. The average molecular weight is 508 g/mol. The number of carbonyl (C=O) groups is 2. The fraction of sp³-hybridized carbons (Fsp3) is 0.296. The van der Waals surface area contributed by atoms with Crippen LogP contribution in [-0.2, 0) is 17.6 Å². The maximum absolute atomic E-state index is 12.4. The smallest absolute Gasteiger partial charge is 0.251 e. The first-order chi connectivity index (χ1) is 16.6. The van der Waals surface area contributed by atoms with Crippen molar-refractivity contribution in [3.63, 3.8) is 0 Å². The van der Waals surface area contributed by atoms with Gasteiger partial charge in [-0.1, -0.05) is 51.1 Å². The van der Waals surface area contributed by atoms with Crippen molar-refractivity contribution in [3.05, 3.63) is 70.3 Å². The van der Waals surface area contributed by atoms with Crippen LogP contribution < -0.4 is 16.4 Å². The van der Waals surface area contributed by atoms with E-state index in [1.165, 1.54) is 17.4 Å². The third-order valence-electron chi connectivity index (χ3n) is 6.28. The Morgan fingerprint density at radius 3 is 2.60 bits per heavy atom. The molecule has 1 aromatic carbocycles. The molecule has 0 bridgehead atoms. The van der Waals surface area contributed by atoms with E-state index in [4.69, 9.17) is 22.4 Å². The van der Waals surface area contributed by atoms with Gasteiger partial charge in [0.1, 0.15) is 16.5 Å². The number of primary amides is 1. The van der Waals surface area contributed by atoms with Gasteiger partial charge in [-0.25, -0.2) is 0 Å². The molecule has 2 heterocycles. The Morgan fingerprint density at radius 2 is 1.91 bits per heavy atom. The Morgan fingerprint density at radius 1 is 1.17 bits per heavy atom. The number of benzene rings is 1. The molecule has 4 N–H and O–H groups in total. The maximum atomic E-state index is 12.4. The minimum atomic E-state index is -0.486. The van der Waals surface area contributed by atoms with Gasteiger partial charge in [-0.3, -0.25) is 14.9 Å². The molecule has 0 saturated carbocycles. The number of amides is 2. The number of anilines is 1. The molecular weight excluding hydrogens is 478 g/mol. The van der Waals surface area contributed by atoms with Gasteiger partial charge in [-0.05, 0) is 66.6 Å². The SMILES string of the molecule is CC(C)(C)C1CCc2c(sc(NC(=S)NC(=O)/C=C/c3ccc(-c4ccccc4)o3)c2C(N)=O)C1. The molecule has 1 atom stereocenters. The molecule has 182 valence electrons. The molecule has 0 fully saturated rings. The second-order valence-corrected chi connectivity index (χ2v) is 11.2. The molecule has 4 rings (SSSR count). The lowest BCUT2D eigenvalue weighted by Crippen LogP contribution is -2.33. The molecule has 0 spiro atoms. The van der Waals surface area contributed by atoms with Crippen molar-refractivity contribution in [2.45, 2.75) is 40.0 Å². The molecule has 2 amide bonds. The quantitative estimate of drug-likeness (QED) is 0.300. The van der Waals surface area contributed by atoms with Crippen LogP contribution >= 0.6 is 23.6 Å². The van der Waals surface area contributed by atoms with E-state index >= 15 is 0 Å². The Balaban J connectivity index is 1.40. The summed E-state index contributed by atoms with van der Waals surface area (Å²) in [6.45, 7) is 6.73. The third-order valence-corrected chi connectivity index (χ3v) is 7.66. The summed E-state index contributed by atoms with van der Waals surface area (Å²) in [6, 6.07) is 13.4. The number of furan rings is 1. The highest BCUT2D eigenvalue weighted by Crippen LogP contribution is 2.44. The number of carbonyl (C=O) groups excluding carboxylic acids is 2. The molecule has 1 unspecified atom stereocenters. The summed E-state index contributed by atoms with van der Waals surface area (Å²) in [5.41, 5.74) is 8.34. The lowest BCUT2D eigenvalue weighted by atomic mass is 9.72. The molecule has 0 aliphatic heterocycles.